The zero-order valence-electron chi connectivity index (χ0n) is 12.6. The van der Waals surface area contributed by atoms with Crippen molar-refractivity contribution in [2.24, 2.45) is 0 Å². The molecule has 0 radical (unpaired) electrons. The fourth-order valence-corrected chi connectivity index (χ4v) is 2.11. The molecule has 20 heavy (non-hydrogen) atoms. The van der Waals surface area contributed by atoms with Crippen molar-refractivity contribution in [3.63, 3.8) is 0 Å². The zero-order chi connectivity index (χ0) is 14.4. The lowest BCUT2D eigenvalue weighted by Crippen LogP contribution is -2.23. The van der Waals surface area contributed by atoms with Crippen molar-refractivity contribution in [2.45, 2.75) is 46.2 Å². The van der Waals surface area contributed by atoms with Gasteiger partial charge in [-0.2, -0.15) is 0 Å². The van der Waals surface area contributed by atoms with E-state index in [1.54, 1.807) is 0 Å². The Balaban J connectivity index is 2.00. The Morgan fingerprint density at radius 2 is 1.80 bits per heavy atom. The summed E-state index contributed by atoms with van der Waals surface area (Å²) in [6.45, 7) is 7.13. The van der Waals surface area contributed by atoms with Crippen molar-refractivity contribution >= 4 is 0 Å². The van der Waals surface area contributed by atoms with Gasteiger partial charge in [0, 0.05) is 24.7 Å². The fraction of sp³-hybridized carbons (Fsp3) is 0.412. The Labute approximate surface area is 121 Å². The number of aryl methyl sites for hydroxylation is 3. The number of hydrogen-bond donors (Lipinski definition) is 1. The molecule has 0 aliphatic heterocycles. The Morgan fingerprint density at radius 3 is 2.50 bits per heavy atom. The number of hydrogen-bond acceptors (Lipinski definition) is 3. The quantitative estimate of drug-likeness (QED) is 0.876. The van der Waals surface area contributed by atoms with Gasteiger partial charge in [-0.25, -0.2) is 9.97 Å². The highest BCUT2D eigenvalue weighted by Gasteiger charge is 2.04. The van der Waals surface area contributed by atoms with E-state index in [9.17, 15) is 0 Å². The Hall–Kier alpha value is -1.74. The molecule has 1 aromatic heterocycles. The van der Waals surface area contributed by atoms with Crippen LogP contribution in [0.25, 0.3) is 0 Å². The summed E-state index contributed by atoms with van der Waals surface area (Å²) in [4.78, 5) is 9.18. The smallest absolute Gasteiger partial charge is 0.129 e. The van der Waals surface area contributed by atoms with Gasteiger partial charge in [-0.3, -0.25) is 0 Å². The molecule has 2 aromatic rings. The van der Waals surface area contributed by atoms with Crippen LogP contribution in [0.4, 0.5) is 0 Å². The molecule has 0 aliphatic rings. The van der Waals surface area contributed by atoms with Crippen LogP contribution in [0.3, 0.4) is 0 Å². The highest BCUT2D eigenvalue weighted by molar-refractivity contribution is 5.16. The van der Waals surface area contributed by atoms with Crippen molar-refractivity contribution in [1.29, 1.82) is 0 Å². The molecule has 0 unspecified atom stereocenters. The molecule has 1 heterocycles. The average Bonchev–Trinajstić information content (AvgIpc) is 2.44. The van der Waals surface area contributed by atoms with Gasteiger partial charge >= 0.3 is 0 Å². The molecule has 0 atom stereocenters. The first-order valence-corrected chi connectivity index (χ1v) is 7.24. The number of nitrogens with one attached hydrogen (secondary N) is 1. The first kappa shape index (κ1) is 14.7. The predicted octanol–water partition coefficient (Wildman–Crippen LogP) is 3.07. The maximum Gasteiger partial charge on any atom is 0.129 e. The maximum atomic E-state index is 4.65. The van der Waals surface area contributed by atoms with Gasteiger partial charge in [-0.1, -0.05) is 44.2 Å². The number of rotatable bonds is 6. The van der Waals surface area contributed by atoms with Crippen molar-refractivity contribution < 1.29 is 0 Å². The summed E-state index contributed by atoms with van der Waals surface area (Å²) in [5, 5.41) is 3.40. The van der Waals surface area contributed by atoms with Gasteiger partial charge in [0.15, 0.2) is 0 Å². The fourth-order valence-electron chi connectivity index (χ4n) is 2.11. The van der Waals surface area contributed by atoms with Gasteiger partial charge in [0.25, 0.3) is 0 Å². The highest BCUT2D eigenvalue weighted by Crippen LogP contribution is 2.06. The largest absolute Gasteiger partial charge is 0.309 e. The molecule has 0 amide bonds. The molecule has 0 aliphatic carbocycles. The van der Waals surface area contributed by atoms with Crippen LogP contribution in [0.2, 0.25) is 0 Å². The van der Waals surface area contributed by atoms with Crippen molar-refractivity contribution in [3.8, 4) is 0 Å². The van der Waals surface area contributed by atoms with E-state index in [2.05, 4.69) is 59.5 Å². The van der Waals surface area contributed by atoms with Crippen LogP contribution < -0.4 is 5.32 Å². The minimum absolute atomic E-state index is 0.470. The van der Waals surface area contributed by atoms with E-state index in [-0.39, 0.29) is 0 Å². The Kier molecular flexibility index (Phi) is 5.24. The van der Waals surface area contributed by atoms with Crippen molar-refractivity contribution in [2.75, 3.05) is 0 Å². The summed E-state index contributed by atoms with van der Waals surface area (Å²) in [6, 6.07) is 13.0. The molecule has 0 saturated carbocycles. The summed E-state index contributed by atoms with van der Waals surface area (Å²) in [6.07, 6.45) is 1.88. The van der Waals surface area contributed by atoms with Crippen LogP contribution in [0.15, 0.2) is 36.4 Å². The molecule has 0 bridgehead atoms. The first-order valence-electron chi connectivity index (χ1n) is 7.24. The van der Waals surface area contributed by atoms with E-state index >= 15 is 0 Å². The average molecular weight is 269 g/mol. The minimum atomic E-state index is 0.470. The number of aromatic nitrogens is 2. The molecular weight excluding hydrogens is 246 g/mol. The number of benzene rings is 1. The molecule has 3 nitrogen and oxygen atoms in total. The summed E-state index contributed by atoms with van der Waals surface area (Å²) < 4.78 is 0. The van der Waals surface area contributed by atoms with Crippen LogP contribution >= 0.6 is 0 Å². The normalized spacial score (nSPS) is 11.0. The lowest BCUT2D eigenvalue weighted by molar-refractivity contribution is 0.578. The molecule has 0 saturated heterocycles. The van der Waals surface area contributed by atoms with E-state index in [1.807, 2.05) is 13.0 Å². The highest BCUT2D eigenvalue weighted by atomic mass is 14.9. The lowest BCUT2D eigenvalue weighted by Gasteiger charge is -2.09. The summed E-state index contributed by atoms with van der Waals surface area (Å²) in [5.41, 5.74) is 3.46. The van der Waals surface area contributed by atoms with Crippen LogP contribution in [-0.4, -0.2) is 16.0 Å². The van der Waals surface area contributed by atoms with Gasteiger partial charge in [0.05, 0.1) is 5.69 Å². The van der Waals surface area contributed by atoms with Gasteiger partial charge in [0.2, 0.25) is 0 Å². The van der Waals surface area contributed by atoms with E-state index < -0.39 is 0 Å². The first-order chi connectivity index (χ1) is 9.63. The number of nitrogens with zero attached hydrogens (tertiary/aromatic N) is 2. The third-order valence-corrected chi connectivity index (χ3v) is 3.13. The Morgan fingerprint density at radius 1 is 1.05 bits per heavy atom. The van der Waals surface area contributed by atoms with Crippen LogP contribution in [0.5, 0.6) is 0 Å². The predicted molar refractivity (Wildman–Crippen MR) is 82.6 cm³/mol. The van der Waals surface area contributed by atoms with Crippen LogP contribution in [0, 0.1) is 6.92 Å². The van der Waals surface area contributed by atoms with Gasteiger partial charge in [-0.15, -0.1) is 0 Å². The van der Waals surface area contributed by atoms with Crippen molar-refractivity contribution in [1.82, 2.24) is 15.3 Å². The topological polar surface area (TPSA) is 37.8 Å². The van der Waals surface area contributed by atoms with E-state index in [4.69, 9.17) is 0 Å². The van der Waals surface area contributed by atoms with E-state index in [0.29, 0.717) is 6.04 Å². The van der Waals surface area contributed by atoms with Crippen molar-refractivity contribution in [3.05, 3.63) is 59.2 Å². The van der Waals surface area contributed by atoms with E-state index in [0.717, 1.165) is 36.6 Å². The minimum Gasteiger partial charge on any atom is -0.309 e. The molecule has 0 fully saturated rings. The molecule has 0 spiro atoms. The second kappa shape index (κ2) is 7.15. The maximum absolute atomic E-state index is 4.65. The standard InChI is InChI=1S/C17H23N3/c1-13(2)18-12-16-11-14(3)19-17(20-16)10-9-15-7-5-4-6-8-15/h4-8,11,13,18H,9-10,12H2,1-3H3. The molecule has 1 N–H and O–H groups in total. The second-order valence-corrected chi connectivity index (χ2v) is 5.44. The monoisotopic (exact) mass is 269 g/mol. The SMILES string of the molecule is Cc1cc(CNC(C)C)nc(CCc2ccccc2)n1. The Bertz CT molecular complexity index is 535. The third-order valence-electron chi connectivity index (χ3n) is 3.13. The molecular formula is C17H23N3. The molecule has 3 heteroatoms. The lowest BCUT2D eigenvalue weighted by atomic mass is 10.1. The zero-order valence-corrected chi connectivity index (χ0v) is 12.6. The summed E-state index contributed by atoms with van der Waals surface area (Å²) in [5.74, 6) is 0.939. The molecule has 2 rings (SSSR count). The van der Waals surface area contributed by atoms with Crippen LogP contribution in [0.1, 0.15) is 36.6 Å². The van der Waals surface area contributed by atoms with Gasteiger partial charge in [0.1, 0.15) is 5.82 Å². The third kappa shape index (κ3) is 4.74. The summed E-state index contributed by atoms with van der Waals surface area (Å²) >= 11 is 0. The van der Waals surface area contributed by atoms with Gasteiger partial charge in [-0.05, 0) is 25.0 Å². The molecule has 1 aromatic carbocycles. The van der Waals surface area contributed by atoms with Crippen LogP contribution in [-0.2, 0) is 19.4 Å². The van der Waals surface area contributed by atoms with Gasteiger partial charge < -0.3 is 5.32 Å². The van der Waals surface area contributed by atoms with E-state index in [1.165, 1.54) is 5.56 Å². The summed E-state index contributed by atoms with van der Waals surface area (Å²) in [7, 11) is 0. The second-order valence-electron chi connectivity index (χ2n) is 5.44. The molecule has 106 valence electrons.